The molecule has 4 heteroatoms. The smallest absolute Gasteiger partial charge is 0.320 e. The Balaban J connectivity index is 2.49. The van der Waals surface area contributed by atoms with Gasteiger partial charge < -0.3 is 10.2 Å². The molecule has 1 saturated heterocycles. The second-order valence-corrected chi connectivity index (χ2v) is 2.65. The van der Waals surface area contributed by atoms with E-state index in [1.54, 1.807) is 6.92 Å². The van der Waals surface area contributed by atoms with Gasteiger partial charge in [0.1, 0.15) is 6.04 Å². The maximum atomic E-state index is 10.3. The summed E-state index contributed by atoms with van der Waals surface area (Å²) in [4.78, 5) is 10.3. The number of rotatable bonds is 1. The molecule has 0 saturated carbocycles. The summed E-state index contributed by atoms with van der Waals surface area (Å²) >= 11 is 0. The van der Waals surface area contributed by atoms with Crippen LogP contribution in [0.25, 0.3) is 0 Å². The molecule has 0 bridgehead atoms. The Hall–Kier alpha value is -0.610. The molecule has 4 nitrogen and oxygen atoms in total. The normalized spacial score (nSPS) is 40.0. The van der Waals surface area contributed by atoms with Gasteiger partial charge in [0, 0.05) is 12.5 Å². The van der Waals surface area contributed by atoms with Crippen molar-refractivity contribution in [1.29, 1.82) is 0 Å². The Kier molecular flexibility index (Phi) is 1.92. The Morgan fingerprint density at radius 3 is 2.50 bits per heavy atom. The number of aliphatic hydroxyl groups excluding tert-OH is 1. The average Bonchev–Trinajstić information content (AvgIpc) is 2.13. The van der Waals surface area contributed by atoms with E-state index in [2.05, 4.69) is 5.32 Å². The number of hydrogen-bond donors (Lipinski definition) is 3. The average molecular weight is 145 g/mol. The topological polar surface area (TPSA) is 69.6 Å². The van der Waals surface area contributed by atoms with Crippen LogP contribution in [0, 0.1) is 0 Å². The highest BCUT2D eigenvalue weighted by Crippen LogP contribution is 2.12. The first-order valence-electron chi connectivity index (χ1n) is 3.28. The summed E-state index contributed by atoms with van der Waals surface area (Å²) < 4.78 is 0. The van der Waals surface area contributed by atoms with Gasteiger partial charge in [-0.1, -0.05) is 0 Å². The van der Waals surface area contributed by atoms with E-state index in [9.17, 15) is 4.79 Å². The van der Waals surface area contributed by atoms with Crippen LogP contribution < -0.4 is 5.32 Å². The number of carboxylic acid groups (broad SMARTS) is 1. The standard InChI is InChI=1S/C6H11NO3/c1-3-5(8)2-4(7-3)6(9)10/h3-5,7-8H,2H2,1H3,(H,9,10)/t3?,4-,5?/m0/s1. The van der Waals surface area contributed by atoms with Crippen LogP contribution in [0.15, 0.2) is 0 Å². The van der Waals surface area contributed by atoms with Crippen molar-refractivity contribution in [2.75, 3.05) is 0 Å². The summed E-state index contributed by atoms with van der Waals surface area (Å²) in [6, 6.07) is -0.661. The highest BCUT2D eigenvalue weighted by Gasteiger charge is 2.33. The van der Waals surface area contributed by atoms with Crippen molar-refractivity contribution in [3.8, 4) is 0 Å². The fourth-order valence-electron chi connectivity index (χ4n) is 1.11. The third kappa shape index (κ3) is 1.27. The van der Waals surface area contributed by atoms with Crippen LogP contribution in [-0.4, -0.2) is 34.4 Å². The van der Waals surface area contributed by atoms with Crippen LogP contribution in [0.3, 0.4) is 0 Å². The lowest BCUT2D eigenvalue weighted by Crippen LogP contribution is -2.34. The summed E-state index contributed by atoms with van der Waals surface area (Å²) in [5, 5.41) is 20.3. The molecule has 10 heavy (non-hydrogen) atoms. The predicted octanol–water partition coefficient (Wildman–Crippen LogP) is -0.818. The molecule has 0 radical (unpaired) electrons. The minimum Gasteiger partial charge on any atom is -0.480 e. The van der Waals surface area contributed by atoms with Crippen LogP contribution >= 0.6 is 0 Å². The first-order chi connectivity index (χ1) is 4.61. The van der Waals surface area contributed by atoms with Crippen LogP contribution in [0.5, 0.6) is 0 Å². The van der Waals surface area contributed by atoms with Gasteiger partial charge >= 0.3 is 5.97 Å². The first-order valence-corrected chi connectivity index (χ1v) is 3.28. The fourth-order valence-corrected chi connectivity index (χ4v) is 1.11. The SMILES string of the molecule is CC1N[C@H](C(=O)O)CC1O. The molecule has 0 aromatic heterocycles. The van der Waals surface area contributed by atoms with Gasteiger partial charge in [0.25, 0.3) is 0 Å². The molecule has 3 atom stereocenters. The summed E-state index contributed by atoms with van der Waals surface area (Å²) in [7, 11) is 0. The highest BCUT2D eigenvalue weighted by atomic mass is 16.4. The van der Waals surface area contributed by atoms with Gasteiger partial charge in [0.15, 0.2) is 0 Å². The predicted molar refractivity (Wildman–Crippen MR) is 34.6 cm³/mol. The lowest BCUT2D eigenvalue weighted by molar-refractivity contribution is -0.139. The number of nitrogens with one attached hydrogen (secondary N) is 1. The molecule has 0 amide bonds. The van der Waals surface area contributed by atoms with Crippen molar-refractivity contribution >= 4 is 5.97 Å². The maximum Gasteiger partial charge on any atom is 0.320 e. The summed E-state index contributed by atoms with van der Waals surface area (Å²) in [6.07, 6.45) is -0.197. The van der Waals surface area contributed by atoms with Crippen molar-refractivity contribution in [2.45, 2.75) is 31.5 Å². The molecule has 58 valence electrons. The minimum absolute atomic E-state index is 0.0962. The van der Waals surface area contributed by atoms with E-state index in [0.29, 0.717) is 6.42 Å². The van der Waals surface area contributed by atoms with E-state index < -0.39 is 18.1 Å². The molecule has 3 N–H and O–H groups in total. The summed E-state index contributed by atoms with van der Waals surface area (Å²) in [5.41, 5.74) is 0. The van der Waals surface area contributed by atoms with Crippen molar-refractivity contribution in [3.05, 3.63) is 0 Å². The van der Waals surface area contributed by atoms with Crippen LogP contribution in [-0.2, 0) is 4.79 Å². The molecule has 0 spiro atoms. The number of hydrogen-bond acceptors (Lipinski definition) is 3. The van der Waals surface area contributed by atoms with Gasteiger partial charge in [-0.2, -0.15) is 0 Å². The molecule has 2 unspecified atom stereocenters. The van der Waals surface area contributed by atoms with E-state index >= 15 is 0 Å². The zero-order valence-electron chi connectivity index (χ0n) is 5.74. The van der Waals surface area contributed by atoms with E-state index in [1.165, 1.54) is 0 Å². The number of carbonyl (C=O) groups is 1. The molecule has 1 heterocycles. The van der Waals surface area contributed by atoms with Gasteiger partial charge in [-0.3, -0.25) is 10.1 Å². The summed E-state index contributed by atoms with van der Waals surface area (Å²) in [6.45, 7) is 1.77. The second-order valence-electron chi connectivity index (χ2n) is 2.65. The minimum atomic E-state index is -0.886. The lowest BCUT2D eigenvalue weighted by atomic mass is 10.1. The van der Waals surface area contributed by atoms with Gasteiger partial charge in [-0.25, -0.2) is 0 Å². The lowest BCUT2D eigenvalue weighted by Gasteiger charge is -2.05. The third-order valence-corrected chi connectivity index (χ3v) is 1.82. The molecular weight excluding hydrogens is 134 g/mol. The molecule has 1 aliphatic rings. The molecule has 0 aromatic rings. The monoisotopic (exact) mass is 145 g/mol. The molecule has 1 aliphatic heterocycles. The summed E-state index contributed by atoms with van der Waals surface area (Å²) in [5.74, 6) is -0.886. The zero-order chi connectivity index (χ0) is 7.72. The molecule has 0 aliphatic carbocycles. The quantitative estimate of drug-likeness (QED) is 0.451. The largest absolute Gasteiger partial charge is 0.480 e. The van der Waals surface area contributed by atoms with E-state index in [-0.39, 0.29) is 6.04 Å². The molecule has 1 rings (SSSR count). The van der Waals surface area contributed by atoms with E-state index in [0.717, 1.165) is 0 Å². The van der Waals surface area contributed by atoms with E-state index in [4.69, 9.17) is 10.2 Å². The Morgan fingerprint density at radius 2 is 2.30 bits per heavy atom. The number of carboxylic acids is 1. The van der Waals surface area contributed by atoms with Crippen LogP contribution in [0.4, 0.5) is 0 Å². The van der Waals surface area contributed by atoms with E-state index in [1.807, 2.05) is 0 Å². The third-order valence-electron chi connectivity index (χ3n) is 1.82. The van der Waals surface area contributed by atoms with Crippen molar-refractivity contribution < 1.29 is 15.0 Å². The molecule has 0 aromatic carbocycles. The van der Waals surface area contributed by atoms with Gasteiger partial charge in [0.05, 0.1) is 6.10 Å². The maximum absolute atomic E-state index is 10.3. The van der Waals surface area contributed by atoms with Gasteiger partial charge in [-0.05, 0) is 6.92 Å². The van der Waals surface area contributed by atoms with Crippen molar-refractivity contribution in [3.63, 3.8) is 0 Å². The highest BCUT2D eigenvalue weighted by molar-refractivity contribution is 5.74. The van der Waals surface area contributed by atoms with Crippen LogP contribution in [0.1, 0.15) is 13.3 Å². The van der Waals surface area contributed by atoms with Crippen molar-refractivity contribution in [1.82, 2.24) is 5.32 Å². The number of aliphatic hydroxyl groups is 1. The van der Waals surface area contributed by atoms with Crippen LogP contribution in [0.2, 0.25) is 0 Å². The Morgan fingerprint density at radius 1 is 1.70 bits per heavy atom. The fraction of sp³-hybridized carbons (Fsp3) is 0.833. The zero-order valence-corrected chi connectivity index (χ0v) is 5.74. The molecular formula is C6H11NO3. The van der Waals surface area contributed by atoms with Gasteiger partial charge in [0.2, 0.25) is 0 Å². The molecule has 1 fully saturated rings. The van der Waals surface area contributed by atoms with Crippen molar-refractivity contribution in [2.24, 2.45) is 0 Å². The Bertz CT molecular complexity index is 138. The second kappa shape index (κ2) is 2.56. The Labute approximate surface area is 58.9 Å². The van der Waals surface area contributed by atoms with Gasteiger partial charge in [-0.15, -0.1) is 0 Å². The first kappa shape index (κ1) is 7.50. The number of aliphatic carboxylic acids is 1.